The molecule has 0 fully saturated rings. The summed E-state index contributed by atoms with van der Waals surface area (Å²) >= 11 is 3.52. The summed E-state index contributed by atoms with van der Waals surface area (Å²) in [5, 5.41) is 8.63. The van der Waals surface area contributed by atoms with Crippen LogP contribution in [-0.2, 0) is 4.79 Å². The van der Waals surface area contributed by atoms with E-state index in [2.05, 4.69) is 15.9 Å². The number of ether oxygens (including phenoxy) is 2. The number of carboxylic acid groups (broad SMARTS) is 1. The van der Waals surface area contributed by atoms with Gasteiger partial charge in [0.05, 0.1) is 13.2 Å². The molecule has 1 heterocycles. The number of benzene rings is 1. The number of hydrogen-bond acceptors (Lipinski definition) is 4. The largest absolute Gasteiger partial charge is 0.490 e. The highest BCUT2D eigenvalue weighted by Gasteiger charge is 2.17. The Morgan fingerprint density at radius 2 is 1.95 bits per heavy atom. The van der Waals surface area contributed by atoms with Crippen LogP contribution in [0.25, 0.3) is 0 Å². The second-order valence-corrected chi connectivity index (χ2v) is 5.97. The number of rotatable bonds is 6. The van der Waals surface area contributed by atoms with Gasteiger partial charge in [-0.2, -0.15) is 0 Å². The number of fused-ring (bicyclic) bond motifs is 1. The van der Waals surface area contributed by atoms with Crippen LogP contribution in [0.4, 0.5) is 0 Å². The second kappa shape index (κ2) is 7.66. The van der Waals surface area contributed by atoms with Crippen LogP contribution in [0.3, 0.4) is 0 Å². The zero-order valence-electron chi connectivity index (χ0n) is 11.8. The third-order valence-electron chi connectivity index (χ3n) is 3.42. The van der Waals surface area contributed by atoms with Crippen molar-refractivity contribution in [3.8, 4) is 11.5 Å². The molecule has 0 saturated carbocycles. The first kappa shape index (κ1) is 16.1. The van der Waals surface area contributed by atoms with Crippen molar-refractivity contribution in [1.29, 1.82) is 0 Å². The zero-order chi connectivity index (χ0) is 15.2. The van der Waals surface area contributed by atoms with Crippen LogP contribution in [0.5, 0.6) is 11.5 Å². The molecular weight excluding hydrogens is 338 g/mol. The molecule has 21 heavy (non-hydrogen) atoms. The summed E-state index contributed by atoms with van der Waals surface area (Å²) < 4.78 is 12.2. The summed E-state index contributed by atoms with van der Waals surface area (Å²) in [4.78, 5) is 10.5. The number of unbranched alkanes of at least 4 members (excludes halogenated alkanes) is 1. The molecule has 0 saturated heterocycles. The Hall–Kier alpha value is -1.27. The smallest absolute Gasteiger partial charge is 0.303 e. The Labute approximate surface area is 132 Å². The van der Waals surface area contributed by atoms with Crippen molar-refractivity contribution in [2.24, 2.45) is 5.73 Å². The molecule has 6 heteroatoms. The summed E-state index contributed by atoms with van der Waals surface area (Å²) in [5.41, 5.74) is 7.18. The lowest BCUT2D eigenvalue weighted by atomic mass is 10.0. The second-order valence-electron chi connectivity index (χ2n) is 5.12. The minimum Gasteiger partial charge on any atom is -0.490 e. The molecule has 3 N–H and O–H groups in total. The van der Waals surface area contributed by atoms with Crippen LogP contribution in [-0.4, -0.2) is 24.3 Å². The molecule has 1 aromatic carbocycles. The zero-order valence-corrected chi connectivity index (χ0v) is 13.4. The molecule has 116 valence electrons. The molecule has 0 amide bonds. The molecule has 1 unspecified atom stereocenters. The van der Waals surface area contributed by atoms with Gasteiger partial charge in [-0.3, -0.25) is 4.79 Å². The lowest BCUT2D eigenvalue weighted by Crippen LogP contribution is -2.11. The fourth-order valence-corrected chi connectivity index (χ4v) is 2.90. The van der Waals surface area contributed by atoms with Crippen LogP contribution in [0.2, 0.25) is 0 Å². The van der Waals surface area contributed by atoms with Gasteiger partial charge in [-0.1, -0.05) is 22.4 Å². The predicted octanol–water partition coefficient (Wildman–Crippen LogP) is 3.26. The molecule has 0 spiro atoms. The first-order valence-corrected chi connectivity index (χ1v) is 7.93. The highest BCUT2D eigenvalue weighted by molar-refractivity contribution is 9.10. The van der Waals surface area contributed by atoms with Gasteiger partial charge in [0.15, 0.2) is 11.5 Å². The van der Waals surface area contributed by atoms with Gasteiger partial charge in [0, 0.05) is 23.4 Å². The van der Waals surface area contributed by atoms with Crippen molar-refractivity contribution in [2.75, 3.05) is 13.2 Å². The minimum absolute atomic E-state index is 0.148. The Balaban J connectivity index is 2.01. The van der Waals surface area contributed by atoms with Crippen molar-refractivity contribution < 1.29 is 19.4 Å². The van der Waals surface area contributed by atoms with Crippen molar-refractivity contribution >= 4 is 21.9 Å². The summed E-state index contributed by atoms with van der Waals surface area (Å²) in [6, 6.07) is 3.67. The van der Waals surface area contributed by atoms with Crippen molar-refractivity contribution in [3.05, 3.63) is 22.2 Å². The van der Waals surface area contributed by atoms with Crippen molar-refractivity contribution in [2.45, 2.75) is 38.1 Å². The topological polar surface area (TPSA) is 81.8 Å². The van der Waals surface area contributed by atoms with Gasteiger partial charge in [0.25, 0.3) is 0 Å². The third kappa shape index (κ3) is 4.61. The van der Waals surface area contributed by atoms with Gasteiger partial charge in [-0.25, -0.2) is 0 Å². The van der Waals surface area contributed by atoms with E-state index in [9.17, 15) is 4.79 Å². The van der Waals surface area contributed by atoms with E-state index in [1.807, 2.05) is 12.1 Å². The van der Waals surface area contributed by atoms with E-state index in [-0.39, 0.29) is 12.5 Å². The lowest BCUT2D eigenvalue weighted by Gasteiger charge is -2.17. The Morgan fingerprint density at radius 1 is 1.29 bits per heavy atom. The van der Waals surface area contributed by atoms with Crippen LogP contribution >= 0.6 is 15.9 Å². The average Bonchev–Trinajstić information content (AvgIpc) is 2.67. The van der Waals surface area contributed by atoms with E-state index in [0.29, 0.717) is 19.6 Å². The van der Waals surface area contributed by atoms with Gasteiger partial charge < -0.3 is 20.3 Å². The van der Waals surface area contributed by atoms with Crippen LogP contribution < -0.4 is 15.2 Å². The first-order valence-electron chi connectivity index (χ1n) is 7.14. The van der Waals surface area contributed by atoms with Gasteiger partial charge in [0.2, 0.25) is 0 Å². The third-order valence-corrected chi connectivity index (χ3v) is 4.11. The van der Waals surface area contributed by atoms with Gasteiger partial charge in [-0.15, -0.1) is 0 Å². The van der Waals surface area contributed by atoms with E-state index in [0.717, 1.165) is 40.8 Å². The number of hydrogen-bond donors (Lipinski definition) is 2. The minimum atomic E-state index is -0.764. The first-order chi connectivity index (χ1) is 10.1. The van der Waals surface area contributed by atoms with Crippen molar-refractivity contribution in [3.63, 3.8) is 0 Å². The number of carbonyl (C=O) groups is 1. The van der Waals surface area contributed by atoms with E-state index < -0.39 is 5.97 Å². The molecular formula is C15H20BrNO4. The quantitative estimate of drug-likeness (QED) is 0.763. The maximum Gasteiger partial charge on any atom is 0.303 e. The molecule has 1 atom stereocenters. The molecule has 0 aliphatic carbocycles. The van der Waals surface area contributed by atoms with E-state index in [1.54, 1.807) is 0 Å². The molecule has 0 bridgehead atoms. The summed E-state index contributed by atoms with van der Waals surface area (Å²) in [5.74, 6) is 0.702. The lowest BCUT2D eigenvalue weighted by molar-refractivity contribution is -0.137. The molecule has 0 radical (unpaired) electrons. The Kier molecular flexibility index (Phi) is 5.87. The van der Waals surface area contributed by atoms with Gasteiger partial charge in [0.1, 0.15) is 0 Å². The fraction of sp³-hybridized carbons (Fsp3) is 0.533. The average molecular weight is 358 g/mol. The summed E-state index contributed by atoms with van der Waals surface area (Å²) in [6.07, 6.45) is 3.23. The van der Waals surface area contributed by atoms with Crippen LogP contribution in [0, 0.1) is 0 Å². The van der Waals surface area contributed by atoms with Crippen LogP contribution in [0.15, 0.2) is 16.6 Å². The number of carboxylic acids is 1. The molecule has 1 aliphatic rings. The van der Waals surface area contributed by atoms with E-state index >= 15 is 0 Å². The maximum atomic E-state index is 10.5. The SMILES string of the molecule is NC(CCCCC(=O)O)c1cc2c(cc1Br)OCCCO2. The fourth-order valence-electron chi connectivity index (χ4n) is 2.28. The number of halogens is 1. The van der Waals surface area contributed by atoms with Crippen molar-refractivity contribution in [1.82, 2.24) is 0 Å². The summed E-state index contributed by atoms with van der Waals surface area (Å²) in [6.45, 7) is 1.29. The molecule has 1 aromatic rings. The van der Waals surface area contributed by atoms with Gasteiger partial charge >= 0.3 is 5.97 Å². The van der Waals surface area contributed by atoms with E-state index in [4.69, 9.17) is 20.3 Å². The monoisotopic (exact) mass is 357 g/mol. The maximum absolute atomic E-state index is 10.5. The molecule has 1 aliphatic heterocycles. The highest BCUT2D eigenvalue weighted by atomic mass is 79.9. The molecule has 2 rings (SSSR count). The Morgan fingerprint density at radius 3 is 2.62 bits per heavy atom. The summed E-state index contributed by atoms with van der Waals surface area (Å²) in [7, 11) is 0. The standard InChI is InChI=1S/C15H20BrNO4/c16-11-9-14-13(20-6-3-7-21-14)8-10(11)12(17)4-1-2-5-15(18)19/h8-9,12H,1-7,17H2,(H,18,19). The number of nitrogens with two attached hydrogens (primary N) is 1. The predicted molar refractivity (Wildman–Crippen MR) is 82.8 cm³/mol. The molecule has 5 nitrogen and oxygen atoms in total. The normalized spacial score (nSPS) is 15.3. The molecule has 0 aromatic heterocycles. The highest BCUT2D eigenvalue weighted by Crippen LogP contribution is 2.38. The van der Waals surface area contributed by atoms with Gasteiger partial charge in [-0.05, 0) is 30.5 Å². The Bertz CT molecular complexity index is 507. The van der Waals surface area contributed by atoms with Crippen LogP contribution in [0.1, 0.15) is 43.7 Å². The number of aliphatic carboxylic acids is 1. The van der Waals surface area contributed by atoms with E-state index in [1.165, 1.54) is 0 Å².